The number of benzene rings is 2. The average Bonchev–Trinajstić information content (AvgIpc) is 2.83. The van der Waals surface area contributed by atoms with Gasteiger partial charge in [0.1, 0.15) is 10.6 Å². The molecule has 0 unspecified atom stereocenters. The summed E-state index contributed by atoms with van der Waals surface area (Å²) in [7, 11) is -4.36. The van der Waals surface area contributed by atoms with Crippen molar-refractivity contribution in [2.75, 3.05) is 6.54 Å². The summed E-state index contributed by atoms with van der Waals surface area (Å²) in [6, 6.07) is 15.8. The summed E-state index contributed by atoms with van der Waals surface area (Å²) < 4.78 is 32.4. The second-order valence-electron chi connectivity index (χ2n) is 7.96. The van der Waals surface area contributed by atoms with Crippen LogP contribution in [0.15, 0.2) is 71.8 Å². The molecule has 188 valence electrons. The summed E-state index contributed by atoms with van der Waals surface area (Å²) >= 11 is 6.14. The number of pyridine rings is 1. The fraction of sp³-hybridized carbons (Fsp3) is 0.200. The van der Waals surface area contributed by atoms with Gasteiger partial charge in [0.05, 0.1) is 16.7 Å². The van der Waals surface area contributed by atoms with E-state index in [-0.39, 0.29) is 32.8 Å². The predicted molar refractivity (Wildman–Crippen MR) is 133 cm³/mol. The van der Waals surface area contributed by atoms with Crippen molar-refractivity contribution in [3.63, 3.8) is 0 Å². The SMILES string of the molecule is CC(C)OC(=O)c1ccc(C(=O)NS(=O)(=O)c2ccc(C(=O)NCCc3ccccc3)cc2Cl)cn1. The largest absolute Gasteiger partial charge is 0.458 e. The first-order valence-electron chi connectivity index (χ1n) is 10.9. The number of nitrogens with zero attached hydrogens (tertiary/aromatic N) is 1. The zero-order chi connectivity index (χ0) is 26.3. The lowest BCUT2D eigenvalue weighted by Gasteiger charge is -2.11. The van der Waals surface area contributed by atoms with Crippen LogP contribution in [-0.2, 0) is 21.2 Å². The lowest BCUT2D eigenvalue weighted by atomic mass is 10.1. The van der Waals surface area contributed by atoms with Crippen molar-refractivity contribution >= 4 is 39.4 Å². The van der Waals surface area contributed by atoms with Gasteiger partial charge in [-0.2, -0.15) is 0 Å². The smallest absolute Gasteiger partial charge is 0.357 e. The van der Waals surface area contributed by atoms with Crippen molar-refractivity contribution in [2.45, 2.75) is 31.3 Å². The van der Waals surface area contributed by atoms with E-state index in [4.69, 9.17) is 16.3 Å². The highest BCUT2D eigenvalue weighted by atomic mass is 35.5. The molecular formula is C25H24ClN3O6S. The van der Waals surface area contributed by atoms with Crippen LogP contribution in [0, 0.1) is 0 Å². The number of aromatic nitrogens is 1. The number of carbonyl (C=O) groups is 3. The number of ether oxygens (including phenoxy) is 1. The Labute approximate surface area is 213 Å². The van der Waals surface area contributed by atoms with E-state index < -0.39 is 27.8 Å². The average molecular weight is 530 g/mol. The molecule has 1 heterocycles. The Bertz CT molecular complexity index is 1360. The van der Waals surface area contributed by atoms with Gasteiger partial charge in [-0.25, -0.2) is 22.9 Å². The Hall–Kier alpha value is -3.76. The Kier molecular flexibility index (Phi) is 8.78. The van der Waals surface area contributed by atoms with Crippen LogP contribution in [0.2, 0.25) is 5.02 Å². The molecule has 0 aliphatic carbocycles. The molecule has 0 aliphatic heterocycles. The minimum Gasteiger partial charge on any atom is -0.458 e. The number of carbonyl (C=O) groups excluding carboxylic acids is 3. The van der Waals surface area contributed by atoms with Gasteiger partial charge in [-0.3, -0.25) is 9.59 Å². The van der Waals surface area contributed by atoms with Gasteiger partial charge in [-0.05, 0) is 56.2 Å². The maximum atomic E-state index is 12.7. The molecule has 0 saturated carbocycles. The van der Waals surface area contributed by atoms with Gasteiger partial charge in [0.25, 0.3) is 21.8 Å². The second kappa shape index (κ2) is 11.8. The molecule has 36 heavy (non-hydrogen) atoms. The van der Waals surface area contributed by atoms with Crippen molar-refractivity contribution in [3.8, 4) is 0 Å². The molecule has 0 bridgehead atoms. The first kappa shape index (κ1) is 26.8. The van der Waals surface area contributed by atoms with E-state index in [2.05, 4.69) is 10.3 Å². The Morgan fingerprint density at radius 1 is 0.972 bits per heavy atom. The number of nitrogens with one attached hydrogen (secondary N) is 2. The fourth-order valence-electron chi connectivity index (χ4n) is 3.09. The third-order valence-electron chi connectivity index (χ3n) is 4.83. The van der Waals surface area contributed by atoms with Crippen LogP contribution in [-0.4, -0.2) is 43.8 Å². The number of esters is 1. The van der Waals surface area contributed by atoms with Gasteiger partial charge < -0.3 is 10.1 Å². The molecule has 2 amide bonds. The third-order valence-corrected chi connectivity index (χ3v) is 6.64. The number of hydrogen-bond donors (Lipinski definition) is 2. The lowest BCUT2D eigenvalue weighted by molar-refractivity contribution is 0.0370. The summed E-state index contributed by atoms with van der Waals surface area (Å²) in [4.78, 5) is 40.2. The van der Waals surface area contributed by atoms with Crippen molar-refractivity contribution in [1.82, 2.24) is 15.0 Å². The van der Waals surface area contributed by atoms with Crippen LogP contribution >= 0.6 is 11.6 Å². The van der Waals surface area contributed by atoms with Crippen LogP contribution < -0.4 is 10.0 Å². The highest BCUT2D eigenvalue weighted by molar-refractivity contribution is 7.90. The van der Waals surface area contributed by atoms with E-state index in [0.29, 0.717) is 13.0 Å². The normalized spacial score (nSPS) is 11.1. The number of rotatable bonds is 9. The summed E-state index contributed by atoms with van der Waals surface area (Å²) in [5.74, 6) is -2.05. The summed E-state index contributed by atoms with van der Waals surface area (Å²) in [5.41, 5.74) is 1.12. The van der Waals surface area contributed by atoms with E-state index in [0.717, 1.165) is 17.8 Å². The van der Waals surface area contributed by atoms with Gasteiger partial charge in [-0.15, -0.1) is 0 Å². The minimum atomic E-state index is -4.36. The molecule has 3 rings (SSSR count). The molecular weight excluding hydrogens is 506 g/mol. The van der Waals surface area contributed by atoms with Crippen molar-refractivity contribution in [3.05, 3.63) is 94.3 Å². The van der Waals surface area contributed by atoms with E-state index in [1.807, 2.05) is 35.1 Å². The fourth-order valence-corrected chi connectivity index (χ4v) is 4.61. The van der Waals surface area contributed by atoms with Gasteiger partial charge in [0, 0.05) is 18.3 Å². The van der Waals surface area contributed by atoms with Crippen LogP contribution in [0.25, 0.3) is 0 Å². The summed E-state index contributed by atoms with van der Waals surface area (Å²) in [5, 5.41) is 2.53. The van der Waals surface area contributed by atoms with Crippen molar-refractivity contribution in [1.29, 1.82) is 0 Å². The molecule has 2 N–H and O–H groups in total. The van der Waals surface area contributed by atoms with Gasteiger partial charge in [0.2, 0.25) is 0 Å². The van der Waals surface area contributed by atoms with Crippen LogP contribution in [0.1, 0.15) is 50.6 Å². The van der Waals surface area contributed by atoms with E-state index in [1.54, 1.807) is 13.8 Å². The zero-order valence-corrected chi connectivity index (χ0v) is 21.1. The molecule has 0 fully saturated rings. The van der Waals surface area contributed by atoms with Crippen molar-refractivity contribution in [2.24, 2.45) is 0 Å². The minimum absolute atomic E-state index is 0.0243. The molecule has 0 spiro atoms. The molecule has 9 nitrogen and oxygen atoms in total. The first-order chi connectivity index (χ1) is 17.1. The Morgan fingerprint density at radius 2 is 1.67 bits per heavy atom. The number of halogens is 1. The number of hydrogen-bond acceptors (Lipinski definition) is 7. The monoisotopic (exact) mass is 529 g/mol. The van der Waals surface area contributed by atoms with Crippen LogP contribution in [0.3, 0.4) is 0 Å². The molecule has 0 radical (unpaired) electrons. The quantitative estimate of drug-likeness (QED) is 0.406. The summed E-state index contributed by atoms with van der Waals surface area (Å²) in [6.07, 6.45) is 1.35. The lowest BCUT2D eigenvalue weighted by Crippen LogP contribution is -2.31. The van der Waals surface area contributed by atoms with E-state index in [9.17, 15) is 22.8 Å². The molecule has 2 aromatic carbocycles. The first-order valence-corrected chi connectivity index (χ1v) is 12.8. The maximum Gasteiger partial charge on any atom is 0.357 e. The Morgan fingerprint density at radius 3 is 2.28 bits per heavy atom. The number of sulfonamides is 1. The standard InChI is InChI=1S/C25H24ClN3O6S/c1-16(2)35-25(32)21-10-8-19(15-28-21)24(31)29-36(33,34)22-11-9-18(14-20(22)26)23(30)27-13-12-17-6-4-3-5-7-17/h3-11,14-16H,12-13H2,1-2H3,(H,27,30)(H,29,31). The van der Waals surface area contributed by atoms with Crippen LogP contribution in [0.4, 0.5) is 0 Å². The molecule has 0 atom stereocenters. The Balaban J connectivity index is 1.64. The highest BCUT2D eigenvalue weighted by Gasteiger charge is 2.23. The molecule has 0 saturated heterocycles. The van der Waals surface area contributed by atoms with E-state index >= 15 is 0 Å². The second-order valence-corrected chi connectivity index (χ2v) is 10.0. The summed E-state index contributed by atoms with van der Waals surface area (Å²) in [6.45, 7) is 3.75. The van der Waals surface area contributed by atoms with Gasteiger partial charge in [-0.1, -0.05) is 41.9 Å². The van der Waals surface area contributed by atoms with E-state index in [1.165, 1.54) is 24.3 Å². The van der Waals surface area contributed by atoms with Crippen LogP contribution in [0.5, 0.6) is 0 Å². The van der Waals surface area contributed by atoms with Crippen molar-refractivity contribution < 1.29 is 27.5 Å². The molecule has 3 aromatic rings. The number of amides is 2. The topological polar surface area (TPSA) is 132 Å². The zero-order valence-electron chi connectivity index (χ0n) is 19.5. The predicted octanol–water partition coefficient (Wildman–Crippen LogP) is 3.39. The van der Waals surface area contributed by atoms with Gasteiger partial charge >= 0.3 is 5.97 Å². The maximum absolute atomic E-state index is 12.7. The third kappa shape index (κ3) is 7.12. The molecule has 0 aliphatic rings. The molecule has 11 heteroatoms. The highest BCUT2D eigenvalue weighted by Crippen LogP contribution is 2.23. The molecule has 1 aromatic heterocycles. The van der Waals surface area contributed by atoms with Gasteiger partial charge in [0.15, 0.2) is 0 Å².